The first-order valence-corrected chi connectivity index (χ1v) is 8.03. The van der Waals surface area contributed by atoms with Crippen molar-refractivity contribution in [1.82, 2.24) is 15.1 Å². The molecule has 24 heavy (non-hydrogen) atoms. The minimum Gasteiger partial charge on any atom is -0.464 e. The van der Waals surface area contributed by atoms with E-state index in [1.54, 1.807) is 11.6 Å². The number of benzene rings is 1. The molecule has 1 unspecified atom stereocenters. The van der Waals surface area contributed by atoms with E-state index in [1.165, 1.54) is 0 Å². The fourth-order valence-electron chi connectivity index (χ4n) is 2.52. The molecule has 1 N–H and O–H groups in total. The molecular formula is C18H18ClN3O2. The number of nitrogens with one attached hydrogen (secondary N) is 1. The molecule has 124 valence electrons. The van der Waals surface area contributed by atoms with Crippen LogP contribution in [0.3, 0.4) is 0 Å². The summed E-state index contributed by atoms with van der Waals surface area (Å²) in [6, 6.07) is 12.9. The van der Waals surface area contributed by atoms with Gasteiger partial charge in [-0.15, -0.1) is 0 Å². The zero-order chi connectivity index (χ0) is 17.3. The molecule has 0 aliphatic rings. The molecule has 0 radical (unpaired) electrons. The minimum absolute atomic E-state index is 0.262. The first kappa shape index (κ1) is 16.3. The number of para-hydroxylation sites is 1. The van der Waals surface area contributed by atoms with E-state index in [-0.39, 0.29) is 11.9 Å². The maximum Gasteiger partial charge on any atom is 0.256 e. The minimum atomic E-state index is -0.277. The van der Waals surface area contributed by atoms with Crippen molar-refractivity contribution in [2.24, 2.45) is 0 Å². The van der Waals surface area contributed by atoms with Crippen LogP contribution >= 0.6 is 11.6 Å². The van der Waals surface area contributed by atoms with E-state index in [1.807, 2.05) is 56.3 Å². The van der Waals surface area contributed by atoms with Crippen molar-refractivity contribution in [3.05, 3.63) is 70.4 Å². The molecule has 1 aromatic carbocycles. The number of furan rings is 1. The molecule has 0 saturated heterocycles. The van der Waals surface area contributed by atoms with Crippen LogP contribution in [0, 0.1) is 13.8 Å². The molecule has 0 spiro atoms. The van der Waals surface area contributed by atoms with Gasteiger partial charge in [0.05, 0.1) is 23.0 Å². The number of aromatic nitrogens is 2. The van der Waals surface area contributed by atoms with Crippen LogP contribution in [0.5, 0.6) is 0 Å². The summed E-state index contributed by atoms with van der Waals surface area (Å²) in [4.78, 5) is 12.6. The summed E-state index contributed by atoms with van der Waals surface area (Å²) in [5, 5.41) is 7.58. The largest absolute Gasteiger partial charge is 0.464 e. The Balaban J connectivity index is 1.87. The monoisotopic (exact) mass is 343 g/mol. The molecule has 2 aromatic heterocycles. The summed E-state index contributed by atoms with van der Waals surface area (Å²) < 4.78 is 7.11. The second kappa shape index (κ2) is 6.53. The molecule has 5 nitrogen and oxygen atoms in total. The fourth-order valence-corrected chi connectivity index (χ4v) is 2.88. The van der Waals surface area contributed by atoms with Crippen LogP contribution in [0.2, 0.25) is 5.15 Å². The summed E-state index contributed by atoms with van der Waals surface area (Å²) in [6.45, 7) is 5.49. The topological polar surface area (TPSA) is 60.1 Å². The van der Waals surface area contributed by atoms with Gasteiger partial charge in [0.1, 0.15) is 16.7 Å². The molecular weight excluding hydrogens is 326 g/mol. The van der Waals surface area contributed by atoms with Crippen molar-refractivity contribution in [3.63, 3.8) is 0 Å². The standard InChI is InChI=1S/C18H18ClN3O2/c1-11-9-10-15(24-11)12(2)20-18(23)16-13(3)21-22(17(16)19)14-7-5-4-6-8-14/h4-10,12H,1-3H3,(H,20,23). The van der Waals surface area contributed by atoms with Crippen LogP contribution in [0.4, 0.5) is 0 Å². The van der Waals surface area contributed by atoms with E-state index >= 15 is 0 Å². The van der Waals surface area contributed by atoms with Crippen molar-refractivity contribution in [1.29, 1.82) is 0 Å². The average molecular weight is 344 g/mol. The summed E-state index contributed by atoms with van der Waals surface area (Å²) >= 11 is 6.41. The Morgan fingerprint density at radius 1 is 1.21 bits per heavy atom. The van der Waals surface area contributed by atoms with E-state index in [9.17, 15) is 4.79 Å². The van der Waals surface area contributed by atoms with Gasteiger partial charge in [-0.1, -0.05) is 29.8 Å². The van der Waals surface area contributed by atoms with Crippen LogP contribution in [0.25, 0.3) is 5.69 Å². The third kappa shape index (κ3) is 3.08. The number of nitrogens with zero attached hydrogens (tertiary/aromatic N) is 2. The number of hydrogen-bond donors (Lipinski definition) is 1. The van der Waals surface area contributed by atoms with Gasteiger partial charge in [0.25, 0.3) is 5.91 Å². The lowest BCUT2D eigenvalue weighted by Gasteiger charge is -2.11. The van der Waals surface area contributed by atoms with Crippen LogP contribution < -0.4 is 5.32 Å². The lowest BCUT2D eigenvalue weighted by atomic mass is 10.2. The van der Waals surface area contributed by atoms with Gasteiger partial charge in [-0.2, -0.15) is 5.10 Å². The normalized spacial score (nSPS) is 12.2. The zero-order valence-electron chi connectivity index (χ0n) is 13.7. The molecule has 2 heterocycles. The molecule has 0 bridgehead atoms. The Kier molecular flexibility index (Phi) is 4.44. The van der Waals surface area contributed by atoms with Gasteiger partial charge in [-0.25, -0.2) is 4.68 Å². The maximum absolute atomic E-state index is 12.6. The van der Waals surface area contributed by atoms with Crippen LogP contribution in [-0.4, -0.2) is 15.7 Å². The van der Waals surface area contributed by atoms with Crippen molar-refractivity contribution >= 4 is 17.5 Å². The van der Waals surface area contributed by atoms with Gasteiger partial charge in [0.2, 0.25) is 0 Å². The summed E-state index contributed by atoms with van der Waals surface area (Å²) in [6.07, 6.45) is 0. The second-order valence-electron chi connectivity index (χ2n) is 5.64. The van der Waals surface area contributed by atoms with Crippen LogP contribution in [0.15, 0.2) is 46.9 Å². The van der Waals surface area contributed by atoms with Crippen LogP contribution in [-0.2, 0) is 0 Å². The molecule has 0 aliphatic carbocycles. The Morgan fingerprint density at radius 3 is 2.54 bits per heavy atom. The molecule has 1 amide bonds. The first-order chi connectivity index (χ1) is 11.5. The van der Waals surface area contributed by atoms with E-state index in [2.05, 4.69) is 10.4 Å². The van der Waals surface area contributed by atoms with Gasteiger partial charge in [0, 0.05) is 0 Å². The zero-order valence-corrected chi connectivity index (χ0v) is 14.5. The van der Waals surface area contributed by atoms with Gasteiger partial charge in [-0.05, 0) is 45.0 Å². The number of amides is 1. The van der Waals surface area contributed by atoms with E-state index in [4.69, 9.17) is 16.0 Å². The number of carbonyl (C=O) groups excluding carboxylic acids is 1. The van der Waals surface area contributed by atoms with E-state index in [0.29, 0.717) is 22.2 Å². The number of carbonyl (C=O) groups is 1. The smallest absolute Gasteiger partial charge is 0.256 e. The number of halogens is 1. The molecule has 3 aromatic rings. The predicted octanol–water partition coefficient (Wildman–Crippen LogP) is 4.23. The third-order valence-electron chi connectivity index (χ3n) is 3.77. The Bertz CT molecular complexity index is 868. The quantitative estimate of drug-likeness (QED) is 0.771. The van der Waals surface area contributed by atoms with Crippen molar-refractivity contribution in [2.75, 3.05) is 0 Å². The highest BCUT2D eigenvalue weighted by Gasteiger charge is 2.23. The maximum atomic E-state index is 12.6. The molecule has 3 rings (SSSR count). The highest BCUT2D eigenvalue weighted by molar-refractivity contribution is 6.33. The summed E-state index contributed by atoms with van der Waals surface area (Å²) in [5.41, 5.74) is 1.75. The Hall–Kier alpha value is -2.53. The van der Waals surface area contributed by atoms with Gasteiger partial charge >= 0.3 is 0 Å². The highest BCUT2D eigenvalue weighted by Crippen LogP contribution is 2.24. The summed E-state index contributed by atoms with van der Waals surface area (Å²) in [5.74, 6) is 1.23. The SMILES string of the molecule is Cc1ccc(C(C)NC(=O)c2c(C)nn(-c3ccccc3)c2Cl)o1. The lowest BCUT2D eigenvalue weighted by Crippen LogP contribution is -2.27. The molecule has 1 atom stereocenters. The van der Waals surface area contributed by atoms with Crippen molar-refractivity contribution < 1.29 is 9.21 Å². The number of rotatable bonds is 4. The predicted molar refractivity (Wildman–Crippen MR) is 92.6 cm³/mol. The lowest BCUT2D eigenvalue weighted by molar-refractivity contribution is 0.0934. The van der Waals surface area contributed by atoms with Crippen molar-refractivity contribution in [3.8, 4) is 5.69 Å². The van der Waals surface area contributed by atoms with Gasteiger partial charge in [0.15, 0.2) is 0 Å². The second-order valence-corrected chi connectivity index (χ2v) is 6.00. The number of aryl methyl sites for hydroxylation is 2. The van der Waals surface area contributed by atoms with Crippen LogP contribution in [0.1, 0.15) is 40.5 Å². The van der Waals surface area contributed by atoms with Gasteiger partial charge < -0.3 is 9.73 Å². The molecule has 0 aliphatic heterocycles. The Labute approximate surface area is 145 Å². The number of hydrogen-bond acceptors (Lipinski definition) is 3. The highest BCUT2D eigenvalue weighted by atomic mass is 35.5. The average Bonchev–Trinajstić information content (AvgIpc) is 3.11. The molecule has 0 fully saturated rings. The van der Waals surface area contributed by atoms with Gasteiger partial charge in [-0.3, -0.25) is 4.79 Å². The fraction of sp³-hybridized carbons (Fsp3) is 0.222. The van der Waals surface area contributed by atoms with E-state index in [0.717, 1.165) is 11.4 Å². The Morgan fingerprint density at radius 2 is 1.92 bits per heavy atom. The third-order valence-corrected chi connectivity index (χ3v) is 4.12. The van der Waals surface area contributed by atoms with Crippen molar-refractivity contribution in [2.45, 2.75) is 26.8 Å². The first-order valence-electron chi connectivity index (χ1n) is 7.65. The summed E-state index contributed by atoms with van der Waals surface area (Å²) in [7, 11) is 0. The van der Waals surface area contributed by atoms with E-state index < -0.39 is 0 Å². The molecule has 6 heteroatoms. The molecule has 0 saturated carbocycles.